The summed E-state index contributed by atoms with van der Waals surface area (Å²) in [7, 11) is 0. The normalized spacial score (nSPS) is 22.6. The molecule has 0 radical (unpaired) electrons. The topological polar surface area (TPSA) is 38.8 Å². The van der Waals surface area contributed by atoms with Gasteiger partial charge in [-0.15, -0.1) is 0 Å². The van der Waals surface area contributed by atoms with Gasteiger partial charge in [-0.1, -0.05) is 20.4 Å². The molecule has 0 aromatic rings. The van der Waals surface area contributed by atoms with Crippen LogP contribution in [0.15, 0.2) is 12.2 Å². The predicted octanol–water partition coefficient (Wildman–Crippen LogP) is 1.53. The monoisotopic (exact) mass is 184 g/mol. The summed E-state index contributed by atoms with van der Waals surface area (Å²) in [5, 5.41) is 0. The van der Waals surface area contributed by atoms with Crippen LogP contribution in [0, 0.1) is 5.92 Å². The number of carbonyl (C=O) groups is 1. The average Bonchev–Trinajstić information content (AvgIpc) is 2.81. The van der Waals surface area contributed by atoms with E-state index in [1.807, 2.05) is 13.8 Å². The van der Waals surface area contributed by atoms with Gasteiger partial charge in [-0.05, 0) is 12.8 Å². The number of epoxide rings is 1. The van der Waals surface area contributed by atoms with Gasteiger partial charge < -0.3 is 9.47 Å². The molecule has 3 nitrogen and oxygen atoms in total. The lowest BCUT2D eigenvalue weighted by molar-refractivity contribution is -0.147. The fourth-order valence-corrected chi connectivity index (χ4v) is 1.11. The minimum atomic E-state index is -0.325. The Labute approximate surface area is 78.7 Å². The fourth-order valence-electron chi connectivity index (χ4n) is 1.11. The third-order valence-electron chi connectivity index (χ3n) is 1.97. The van der Waals surface area contributed by atoms with E-state index in [1.54, 1.807) is 6.92 Å². The largest absolute Gasteiger partial charge is 0.456 e. The van der Waals surface area contributed by atoms with E-state index in [4.69, 9.17) is 9.47 Å². The van der Waals surface area contributed by atoms with Gasteiger partial charge in [-0.3, -0.25) is 0 Å². The molecule has 3 heteroatoms. The van der Waals surface area contributed by atoms with Crippen molar-refractivity contribution in [1.29, 1.82) is 0 Å². The van der Waals surface area contributed by atoms with E-state index in [1.165, 1.54) is 0 Å². The number of ether oxygens (including phenoxy) is 2. The summed E-state index contributed by atoms with van der Waals surface area (Å²) in [6.45, 7) is 9.90. The van der Waals surface area contributed by atoms with Gasteiger partial charge in [-0.2, -0.15) is 0 Å². The molecule has 1 saturated heterocycles. The maximum absolute atomic E-state index is 11.2. The molecule has 1 rings (SSSR count). The summed E-state index contributed by atoms with van der Waals surface area (Å²) >= 11 is 0. The van der Waals surface area contributed by atoms with E-state index in [-0.39, 0.29) is 24.1 Å². The Hall–Kier alpha value is -0.830. The van der Waals surface area contributed by atoms with Gasteiger partial charge in [0.1, 0.15) is 12.2 Å². The molecule has 0 aliphatic carbocycles. The molecular weight excluding hydrogens is 168 g/mol. The van der Waals surface area contributed by atoms with Crippen LogP contribution in [0.5, 0.6) is 0 Å². The third kappa shape index (κ3) is 2.84. The molecule has 2 unspecified atom stereocenters. The first kappa shape index (κ1) is 10.3. The molecule has 13 heavy (non-hydrogen) atoms. The van der Waals surface area contributed by atoms with Gasteiger partial charge in [-0.25, -0.2) is 4.79 Å². The van der Waals surface area contributed by atoms with Crippen LogP contribution in [0.3, 0.4) is 0 Å². The summed E-state index contributed by atoms with van der Waals surface area (Å²) in [5.74, 6) is -0.0370. The van der Waals surface area contributed by atoms with Crippen LogP contribution in [0.1, 0.15) is 20.8 Å². The standard InChI is InChI=1S/C10H16O3/c1-6(2)9(8-5-12-8)13-10(11)7(3)4/h6,8-9H,3,5H2,1-2,4H3. The number of rotatable bonds is 4. The molecule has 1 heterocycles. The van der Waals surface area contributed by atoms with Gasteiger partial charge in [0.15, 0.2) is 0 Å². The predicted molar refractivity (Wildman–Crippen MR) is 49.3 cm³/mol. The van der Waals surface area contributed by atoms with Crippen molar-refractivity contribution < 1.29 is 14.3 Å². The molecule has 74 valence electrons. The van der Waals surface area contributed by atoms with Crippen LogP contribution in [0.25, 0.3) is 0 Å². The lowest BCUT2D eigenvalue weighted by Crippen LogP contribution is -2.29. The van der Waals surface area contributed by atoms with Gasteiger partial charge in [0, 0.05) is 5.57 Å². The van der Waals surface area contributed by atoms with Crippen LogP contribution >= 0.6 is 0 Å². The first-order valence-electron chi connectivity index (χ1n) is 4.50. The van der Waals surface area contributed by atoms with E-state index < -0.39 is 0 Å². The van der Waals surface area contributed by atoms with Crippen molar-refractivity contribution in [3.63, 3.8) is 0 Å². The van der Waals surface area contributed by atoms with Crippen molar-refractivity contribution >= 4 is 5.97 Å². The molecule has 0 bridgehead atoms. The van der Waals surface area contributed by atoms with E-state index in [0.717, 1.165) is 0 Å². The minimum Gasteiger partial charge on any atom is -0.456 e. The quantitative estimate of drug-likeness (QED) is 0.378. The number of hydrogen-bond acceptors (Lipinski definition) is 3. The van der Waals surface area contributed by atoms with Gasteiger partial charge in [0.05, 0.1) is 6.61 Å². The SMILES string of the molecule is C=C(C)C(=O)OC(C(C)C)C1CO1. The molecule has 0 aromatic heterocycles. The molecule has 0 amide bonds. The smallest absolute Gasteiger partial charge is 0.333 e. The summed E-state index contributed by atoms with van der Waals surface area (Å²) in [5.41, 5.74) is 0.436. The van der Waals surface area contributed by atoms with Crippen LogP contribution in [0.2, 0.25) is 0 Å². The van der Waals surface area contributed by atoms with E-state index in [2.05, 4.69) is 6.58 Å². The zero-order valence-corrected chi connectivity index (χ0v) is 8.37. The number of esters is 1. The van der Waals surface area contributed by atoms with Crippen LogP contribution < -0.4 is 0 Å². The Morgan fingerprint density at radius 1 is 1.62 bits per heavy atom. The second-order valence-electron chi connectivity index (χ2n) is 3.77. The van der Waals surface area contributed by atoms with Crippen LogP contribution in [-0.2, 0) is 14.3 Å². The lowest BCUT2D eigenvalue weighted by atomic mass is 10.0. The zero-order valence-electron chi connectivity index (χ0n) is 8.37. The second kappa shape index (κ2) is 3.92. The first-order chi connectivity index (χ1) is 6.02. The molecule has 2 atom stereocenters. The van der Waals surface area contributed by atoms with Crippen molar-refractivity contribution in [2.24, 2.45) is 5.92 Å². The van der Waals surface area contributed by atoms with Crippen LogP contribution in [-0.4, -0.2) is 24.8 Å². The summed E-state index contributed by atoms with van der Waals surface area (Å²) in [6, 6.07) is 0. The Morgan fingerprint density at radius 3 is 2.46 bits per heavy atom. The fraction of sp³-hybridized carbons (Fsp3) is 0.700. The van der Waals surface area contributed by atoms with Gasteiger partial charge >= 0.3 is 5.97 Å². The molecule has 1 aliphatic rings. The highest BCUT2D eigenvalue weighted by molar-refractivity contribution is 5.87. The Bertz CT molecular complexity index is 214. The summed E-state index contributed by atoms with van der Waals surface area (Å²) < 4.78 is 10.3. The Balaban J connectivity index is 2.47. The second-order valence-corrected chi connectivity index (χ2v) is 3.77. The lowest BCUT2D eigenvalue weighted by Gasteiger charge is -2.19. The molecule has 1 aliphatic heterocycles. The maximum Gasteiger partial charge on any atom is 0.333 e. The van der Waals surface area contributed by atoms with E-state index in [9.17, 15) is 4.79 Å². The molecule has 1 fully saturated rings. The van der Waals surface area contributed by atoms with Crippen LogP contribution in [0.4, 0.5) is 0 Å². The average molecular weight is 184 g/mol. The maximum atomic E-state index is 11.2. The van der Waals surface area contributed by atoms with Gasteiger partial charge in [0.25, 0.3) is 0 Å². The summed E-state index contributed by atoms with van der Waals surface area (Å²) in [4.78, 5) is 11.2. The van der Waals surface area contributed by atoms with Gasteiger partial charge in [0.2, 0.25) is 0 Å². The Morgan fingerprint density at radius 2 is 2.15 bits per heavy atom. The molecular formula is C10H16O3. The van der Waals surface area contributed by atoms with Crippen molar-refractivity contribution in [2.75, 3.05) is 6.61 Å². The molecule has 0 aromatic carbocycles. The first-order valence-corrected chi connectivity index (χ1v) is 4.50. The summed E-state index contributed by atoms with van der Waals surface area (Å²) in [6.07, 6.45) is -0.0208. The van der Waals surface area contributed by atoms with E-state index in [0.29, 0.717) is 12.2 Å². The third-order valence-corrected chi connectivity index (χ3v) is 1.97. The van der Waals surface area contributed by atoms with Crippen molar-refractivity contribution in [1.82, 2.24) is 0 Å². The highest BCUT2D eigenvalue weighted by Gasteiger charge is 2.37. The Kier molecular flexibility index (Phi) is 3.09. The molecule has 0 spiro atoms. The van der Waals surface area contributed by atoms with Crippen molar-refractivity contribution in [2.45, 2.75) is 33.0 Å². The molecule has 0 saturated carbocycles. The van der Waals surface area contributed by atoms with E-state index >= 15 is 0 Å². The van der Waals surface area contributed by atoms with Crippen molar-refractivity contribution in [3.05, 3.63) is 12.2 Å². The minimum absolute atomic E-state index is 0.100. The number of carbonyl (C=O) groups excluding carboxylic acids is 1. The zero-order chi connectivity index (χ0) is 10.0. The van der Waals surface area contributed by atoms with Crippen molar-refractivity contribution in [3.8, 4) is 0 Å². The molecule has 0 N–H and O–H groups in total. The number of hydrogen-bond donors (Lipinski definition) is 0. The highest BCUT2D eigenvalue weighted by atomic mass is 16.6. The highest BCUT2D eigenvalue weighted by Crippen LogP contribution is 2.23.